The molecule has 0 fully saturated rings. The number of rotatable bonds is 5. The van der Waals surface area contributed by atoms with Crippen LogP contribution in [0.15, 0.2) is 24.3 Å². The van der Waals surface area contributed by atoms with Crippen LogP contribution in [-0.4, -0.2) is 32.6 Å². The lowest BCUT2D eigenvalue weighted by atomic mass is 10.3. The van der Waals surface area contributed by atoms with Gasteiger partial charge in [-0.05, 0) is 31.2 Å². The number of halogens is 1. The van der Waals surface area contributed by atoms with Crippen molar-refractivity contribution in [2.45, 2.75) is 19.3 Å². The predicted molar refractivity (Wildman–Crippen MR) is 70.9 cm³/mol. The molecule has 1 atom stereocenters. The summed E-state index contributed by atoms with van der Waals surface area (Å²) in [6.45, 7) is 1.79. The van der Waals surface area contributed by atoms with Crippen molar-refractivity contribution in [2.75, 3.05) is 19.5 Å². The maximum atomic E-state index is 11.7. The number of hydrogen-bond acceptors (Lipinski definition) is 3. The third kappa shape index (κ3) is 4.52. The third-order valence-corrected chi connectivity index (χ3v) is 2.59. The van der Waals surface area contributed by atoms with Gasteiger partial charge in [0, 0.05) is 24.9 Å². The molecule has 1 rings (SSSR count). The first-order chi connectivity index (χ1) is 8.56. The molecule has 0 aliphatic rings. The summed E-state index contributed by atoms with van der Waals surface area (Å²) in [6, 6.07) is 6.24. The molecule has 0 aliphatic carbocycles. The lowest BCUT2D eigenvalue weighted by Crippen LogP contribution is -2.44. The lowest BCUT2D eigenvalue weighted by Gasteiger charge is -2.22. The van der Waals surface area contributed by atoms with Crippen molar-refractivity contribution in [1.82, 2.24) is 5.32 Å². The molecule has 0 radical (unpaired) electrons. The van der Waals surface area contributed by atoms with Gasteiger partial charge in [-0.25, -0.2) is 4.79 Å². The smallest absolute Gasteiger partial charge is 0.319 e. The normalized spacial score (nSPS) is 12.3. The number of carbonyl (C=O) groups is 1. The van der Waals surface area contributed by atoms with Gasteiger partial charge in [-0.3, -0.25) is 0 Å². The summed E-state index contributed by atoms with van der Waals surface area (Å²) in [5, 5.41) is 6.01. The van der Waals surface area contributed by atoms with Crippen molar-refractivity contribution >= 4 is 23.3 Å². The molecule has 0 bridgehead atoms. The van der Waals surface area contributed by atoms with E-state index in [1.807, 2.05) is 0 Å². The van der Waals surface area contributed by atoms with Gasteiger partial charge >= 0.3 is 6.03 Å². The maximum absolute atomic E-state index is 11.7. The van der Waals surface area contributed by atoms with Gasteiger partial charge in [0.25, 0.3) is 0 Å². The van der Waals surface area contributed by atoms with Gasteiger partial charge in [0.1, 0.15) is 0 Å². The van der Waals surface area contributed by atoms with Crippen LogP contribution in [0.3, 0.4) is 0 Å². The standard InChI is InChI=1S/C12H17ClN2O3/c1-8(11(17-2)18-3)14-12(16)15-10-6-4-9(13)5-7-10/h4-8,11H,1-3H3,(H2,14,15,16). The summed E-state index contributed by atoms with van der Waals surface area (Å²) in [5.41, 5.74) is 0.662. The molecule has 2 amide bonds. The zero-order valence-electron chi connectivity index (χ0n) is 10.6. The number of methoxy groups -OCH3 is 2. The molecular weight excluding hydrogens is 256 g/mol. The van der Waals surface area contributed by atoms with E-state index < -0.39 is 6.29 Å². The Balaban J connectivity index is 2.48. The van der Waals surface area contributed by atoms with E-state index in [0.29, 0.717) is 10.7 Å². The number of carbonyl (C=O) groups excluding carboxylic acids is 1. The Morgan fingerprint density at radius 2 is 1.78 bits per heavy atom. The Bertz CT molecular complexity index is 379. The molecule has 100 valence electrons. The average molecular weight is 273 g/mol. The van der Waals surface area contributed by atoms with E-state index in [1.165, 1.54) is 14.2 Å². The minimum atomic E-state index is -0.485. The fraction of sp³-hybridized carbons (Fsp3) is 0.417. The third-order valence-electron chi connectivity index (χ3n) is 2.33. The van der Waals surface area contributed by atoms with Crippen LogP contribution in [0.5, 0.6) is 0 Å². The highest BCUT2D eigenvalue weighted by Gasteiger charge is 2.17. The van der Waals surface area contributed by atoms with E-state index in [9.17, 15) is 4.79 Å². The zero-order chi connectivity index (χ0) is 13.5. The number of benzene rings is 1. The van der Waals surface area contributed by atoms with E-state index >= 15 is 0 Å². The Morgan fingerprint density at radius 3 is 2.28 bits per heavy atom. The number of ether oxygens (including phenoxy) is 2. The molecule has 0 heterocycles. The highest BCUT2D eigenvalue weighted by molar-refractivity contribution is 6.30. The van der Waals surface area contributed by atoms with Crippen molar-refractivity contribution < 1.29 is 14.3 Å². The summed E-state index contributed by atoms with van der Waals surface area (Å²) in [6.07, 6.45) is -0.485. The van der Waals surface area contributed by atoms with Gasteiger partial charge in [-0.15, -0.1) is 0 Å². The number of anilines is 1. The molecule has 0 spiro atoms. The predicted octanol–water partition coefficient (Wildman–Crippen LogP) is 2.47. The molecule has 5 nitrogen and oxygen atoms in total. The molecule has 0 aromatic heterocycles. The SMILES string of the molecule is COC(OC)C(C)NC(=O)Nc1ccc(Cl)cc1. The van der Waals surface area contributed by atoms with Crippen LogP contribution in [0.1, 0.15) is 6.92 Å². The average Bonchev–Trinajstić information content (AvgIpc) is 2.33. The largest absolute Gasteiger partial charge is 0.354 e. The van der Waals surface area contributed by atoms with Crippen LogP contribution in [0, 0.1) is 0 Å². The molecule has 0 saturated heterocycles. The fourth-order valence-electron chi connectivity index (χ4n) is 1.48. The van der Waals surface area contributed by atoms with Gasteiger partial charge in [0.2, 0.25) is 0 Å². The number of nitrogens with one attached hydrogen (secondary N) is 2. The molecule has 0 saturated carbocycles. The van der Waals surface area contributed by atoms with Crippen LogP contribution < -0.4 is 10.6 Å². The fourth-order valence-corrected chi connectivity index (χ4v) is 1.61. The number of amides is 2. The molecule has 18 heavy (non-hydrogen) atoms. The molecule has 1 unspecified atom stereocenters. The van der Waals surface area contributed by atoms with Crippen molar-refractivity contribution in [2.24, 2.45) is 0 Å². The number of urea groups is 1. The second-order valence-corrected chi connectivity index (χ2v) is 4.17. The first-order valence-corrected chi connectivity index (χ1v) is 5.83. The van der Waals surface area contributed by atoms with Crippen LogP contribution >= 0.6 is 11.6 Å². The first-order valence-electron chi connectivity index (χ1n) is 5.45. The zero-order valence-corrected chi connectivity index (χ0v) is 11.3. The van der Waals surface area contributed by atoms with E-state index in [1.54, 1.807) is 31.2 Å². The van der Waals surface area contributed by atoms with Crippen LogP contribution in [0.4, 0.5) is 10.5 Å². The quantitative estimate of drug-likeness (QED) is 0.810. The minimum Gasteiger partial charge on any atom is -0.354 e. The van der Waals surface area contributed by atoms with Crippen molar-refractivity contribution in [3.63, 3.8) is 0 Å². The van der Waals surface area contributed by atoms with Gasteiger partial charge < -0.3 is 20.1 Å². The van der Waals surface area contributed by atoms with Gasteiger partial charge in [-0.2, -0.15) is 0 Å². The Labute approximate surface area is 111 Å². The highest BCUT2D eigenvalue weighted by Crippen LogP contribution is 2.13. The molecule has 2 N–H and O–H groups in total. The highest BCUT2D eigenvalue weighted by atomic mass is 35.5. The van der Waals surface area contributed by atoms with Crippen molar-refractivity contribution in [3.05, 3.63) is 29.3 Å². The van der Waals surface area contributed by atoms with Gasteiger partial charge in [0.15, 0.2) is 6.29 Å². The molecule has 1 aromatic rings. The Hall–Kier alpha value is -1.30. The second kappa shape index (κ2) is 7.20. The first kappa shape index (κ1) is 14.8. The monoisotopic (exact) mass is 272 g/mol. The van der Waals surface area contributed by atoms with E-state index in [0.717, 1.165) is 0 Å². The summed E-state index contributed by atoms with van der Waals surface area (Å²) >= 11 is 5.75. The van der Waals surface area contributed by atoms with Gasteiger partial charge in [0.05, 0.1) is 6.04 Å². The van der Waals surface area contributed by atoms with E-state index in [2.05, 4.69) is 10.6 Å². The molecular formula is C12H17ClN2O3. The summed E-state index contributed by atoms with van der Waals surface area (Å²) in [5.74, 6) is 0. The van der Waals surface area contributed by atoms with Gasteiger partial charge in [-0.1, -0.05) is 11.6 Å². The van der Waals surface area contributed by atoms with Crippen LogP contribution in [0.25, 0.3) is 0 Å². The summed E-state index contributed by atoms with van der Waals surface area (Å²) < 4.78 is 10.1. The summed E-state index contributed by atoms with van der Waals surface area (Å²) in [4.78, 5) is 11.7. The Morgan fingerprint density at radius 1 is 1.22 bits per heavy atom. The molecule has 6 heteroatoms. The molecule has 1 aromatic carbocycles. The Kier molecular flexibility index (Phi) is 5.91. The van der Waals surface area contributed by atoms with Crippen LogP contribution in [0.2, 0.25) is 5.02 Å². The van der Waals surface area contributed by atoms with Crippen LogP contribution in [-0.2, 0) is 9.47 Å². The topological polar surface area (TPSA) is 59.6 Å². The van der Waals surface area contributed by atoms with Crippen molar-refractivity contribution in [3.8, 4) is 0 Å². The number of hydrogen-bond donors (Lipinski definition) is 2. The minimum absolute atomic E-state index is 0.271. The van der Waals surface area contributed by atoms with E-state index in [4.69, 9.17) is 21.1 Å². The summed E-state index contributed by atoms with van der Waals surface area (Å²) in [7, 11) is 3.03. The van der Waals surface area contributed by atoms with Crippen molar-refractivity contribution in [1.29, 1.82) is 0 Å². The molecule has 0 aliphatic heterocycles. The second-order valence-electron chi connectivity index (χ2n) is 3.73. The lowest BCUT2D eigenvalue weighted by molar-refractivity contribution is -0.117. The maximum Gasteiger partial charge on any atom is 0.319 e. The van der Waals surface area contributed by atoms with E-state index in [-0.39, 0.29) is 12.1 Å².